The number of benzene rings is 1. The minimum atomic E-state index is -0.598. The van der Waals surface area contributed by atoms with Crippen LogP contribution in [0.15, 0.2) is 36.7 Å². The molecule has 0 atom stereocenters. The van der Waals surface area contributed by atoms with E-state index in [1.807, 2.05) is 0 Å². The summed E-state index contributed by atoms with van der Waals surface area (Å²) in [6.45, 7) is 1.76. The normalized spacial score (nSPS) is 10.1. The van der Waals surface area contributed by atoms with E-state index >= 15 is 0 Å². The minimum Gasteiger partial charge on any atom is -0.450 e. The van der Waals surface area contributed by atoms with Crippen molar-refractivity contribution in [2.24, 2.45) is 5.73 Å². The number of primary amides is 1. The van der Waals surface area contributed by atoms with Gasteiger partial charge in [0.25, 0.3) is 0 Å². The van der Waals surface area contributed by atoms with Crippen molar-refractivity contribution in [3.05, 3.63) is 57.9 Å². The molecule has 0 aliphatic heterocycles. The Bertz CT molecular complexity index is 685. The molecule has 2 N–H and O–H groups in total. The lowest BCUT2D eigenvalue weighted by Gasteiger charge is -2.09. The molecule has 0 fully saturated rings. The van der Waals surface area contributed by atoms with Crippen molar-refractivity contribution >= 4 is 11.6 Å². The predicted octanol–water partition coefficient (Wildman–Crippen LogP) is 2.19. The van der Waals surface area contributed by atoms with Gasteiger partial charge >= 0.3 is 5.69 Å². The largest absolute Gasteiger partial charge is 0.450 e. The van der Waals surface area contributed by atoms with E-state index in [1.165, 1.54) is 18.3 Å². The van der Waals surface area contributed by atoms with Crippen molar-refractivity contribution in [2.45, 2.75) is 6.92 Å². The van der Waals surface area contributed by atoms with Crippen molar-refractivity contribution in [1.82, 2.24) is 4.98 Å². The van der Waals surface area contributed by atoms with Crippen LogP contribution in [0.2, 0.25) is 0 Å². The van der Waals surface area contributed by atoms with Crippen LogP contribution < -0.4 is 10.5 Å². The molecule has 102 valence electrons. The Morgan fingerprint density at radius 3 is 2.75 bits per heavy atom. The number of aromatic nitrogens is 1. The molecule has 2 rings (SSSR count). The van der Waals surface area contributed by atoms with Crippen LogP contribution >= 0.6 is 0 Å². The number of ether oxygens (including phenoxy) is 1. The molecular formula is C13H11N3O4. The molecule has 1 aromatic heterocycles. The fourth-order valence-corrected chi connectivity index (χ4v) is 1.58. The number of carbonyl (C=O) groups is 1. The van der Waals surface area contributed by atoms with Gasteiger partial charge in [-0.05, 0) is 24.6 Å². The first-order valence-electron chi connectivity index (χ1n) is 5.65. The van der Waals surface area contributed by atoms with E-state index in [0.717, 1.165) is 11.8 Å². The molecule has 0 saturated heterocycles. The Hall–Kier alpha value is -2.96. The van der Waals surface area contributed by atoms with Crippen LogP contribution in [0, 0.1) is 17.0 Å². The maximum Gasteiger partial charge on any atom is 0.329 e. The van der Waals surface area contributed by atoms with Gasteiger partial charge < -0.3 is 10.5 Å². The van der Waals surface area contributed by atoms with Gasteiger partial charge in [0.2, 0.25) is 11.7 Å². The van der Waals surface area contributed by atoms with E-state index in [1.54, 1.807) is 19.1 Å². The van der Waals surface area contributed by atoms with Gasteiger partial charge in [-0.3, -0.25) is 19.9 Å². The smallest absolute Gasteiger partial charge is 0.329 e. The zero-order chi connectivity index (χ0) is 14.7. The van der Waals surface area contributed by atoms with E-state index in [9.17, 15) is 14.9 Å². The molecule has 7 heteroatoms. The molecule has 1 amide bonds. The molecule has 0 spiro atoms. The Morgan fingerprint density at radius 1 is 1.35 bits per heavy atom. The molecule has 0 aliphatic carbocycles. The molecule has 1 heterocycles. The fraction of sp³-hybridized carbons (Fsp3) is 0.0769. The van der Waals surface area contributed by atoms with Gasteiger partial charge in [0.1, 0.15) is 11.9 Å². The molecule has 0 bridgehead atoms. The summed E-state index contributed by atoms with van der Waals surface area (Å²) in [5.41, 5.74) is 5.93. The highest BCUT2D eigenvalue weighted by molar-refractivity contribution is 5.93. The van der Waals surface area contributed by atoms with Crippen LogP contribution in [0.25, 0.3) is 0 Å². The quantitative estimate of drug-likeness (QED) is 0.678. The van der Waals surface area contributed by atoms with Gasteiger partial charge in [-0.15, -0.1) is 0 Å². The second kappa shape index (κ2) is 5.35. The predicted molar refractivity (Wildman–Crippen MR) is 70.7 cm³/mol. The average Bonchev–Trinajstić information content (AvgIpc) is 2.41. The maximum absolute atomic E-state index is 11.1. The molecule has 1 aromatic carbocycles. The van der Waals surface area contributed by atoms with E-state index in [2.05, 4.69) is 4.98 Å². The van der Waals surface area contributed by atoms with E-state index in [0.29, 0.717) is 5.75 Å². The van der Waals surface area contributed by atoms with Crippen molar-refractivity contribution in [3.63, 3.8) is 0 Å². The number of pyridine rings is 1. The van der Waals surface area contributed by atoms with Gasteiger partial charge in [0.15, 0.2) is 0 Å². The highest BCUT2D eigenvalue weighted by Gasteiger charge is 2.16. The topological polar surface area (TPSA) is 108 Å². The van der Waals surface area contributed by atoms with Crippen LogP contribution in [0.5, 0.6) is 11.5 Å². The van der Waals surface area contributed by atoms with Crippen molar-refractivity contribution in [2.75, 3.05) is 0 Å². The molecule has 0 unspecified atom stereocenters. The number of amides is 1. The van der Waals surface area contributed by atoms with E-state index < -0.39 is 10.8 Å². The Balaban J connectivity index is 2.42. The van der Waals surface area contributed by atoms with Crippen LogP contribution in [0.3, 0.4) is 0 Å². The molecule has 0 radical (unpaired) electrons. The summed E-state index contributed by atoms with van der Waals surface area (Å²) >= 11 is 0. The monoisotopic (exact) mass is 273 g/mol. The molecular weight excluding hydrogens is 262 g/mol. The number of rotatable bonds is 4. The number of aryl methyl sites for hydroxylation is 1. The third-order valence-electron chi connectivity index (χ3n) is 2.65. The van der Waals surface area contributed by atoms with Crippen LogP contribution in [-0.2, 0) is 0 Å². The zero-order valence-corrected chi connectivity index (χ0v) is 10.6. The lowest BCUT2D eigenvalue weighted by atomic mass is 10.1. The highest BCUT2D eigenvalue weighted by Crippen LogP contribution is 2.32. The molecule has 0 aliphatic rings. The standard InChI is InChI=1S/C13H11N3O4/c1-8-2-3-9(13(14)17)6-12(8)20-11-4-5-15-7-10(11)16(18)19/h2-7H,1H3,(H2,14,17). The van der Waals surface area contributed by atoms with Crippen molar-refractivity contribution < 1.29 is 14.5 Å². The number of carbonyl (C=O) groups excluding carboxylic acids is 1. The van der Waals surface area contributed by atoms with Gasteiger partial charge in [0.05, 0.1) is 4.92 Å². The third kappa shape index (κ3) is 2.72. The summed E-state index contributed by atoms with van der Waals surface area (Å²) in [6, 6.07) is 6.05. The summed E-state index contributed by atoms with van der Waals surface area (Å²) in [4.78, 5) is 25.1. The first-order chi connectivity index (χ1) is 9.49. The summed E-state index contributed by atoms with van der Waals surface area (Å²) in [5.74, 6) is -0.218. The summed E-state index contributed by atoms with van der Waals surface area (Å²) in [5, 5.41) is 10.9. The summed E-state index contributed by atoms with van der Waals surface area (Å²) in [7, 11) is 0. The third-order valence-corrected chi connectivity index (χ3v) is 2.65. The lowest BCUT2D eigenvalue weighted by molar-refractivity contribution is -0.386. The highest BCUT2D eigenvalue weighted by atomic mass is 16.6. The Morgan fingerprint density at radius 2 is 2.10 bits per heavy atom. The number of hydrogen-bond acceptors (Lipinski definition) is 5. The molecule has 20 heavy (non-hydrogen) atoms. The number of nitro groups is 1. The SMILES string of the molecule is Cc1ccc(C(N)=O)cc1Oc1ccncc1[N+](=O)[O-]. The molecule has 2 aromatic rings. The molecule has 0 saturated carbocycles. The van der Waals surface area contributed by atoms with E-state index in [4.69, 9.17) is 10.5 Å². The number of nitrogens with zero attached hydrogens (tertiary/aromatic N) is 2. The van der Waals surface area contributed by atoms with Crippen LogP contribution in [0.4, 0.5) is 5.69 Å². The van der Waals surface area contributed by atoms with Gasteiger partial charge in [-0.1, -0.05) is 6.07 Å². The van der Waals surface area contributed by atoms with Gasteiger partial charge in [-0.2, -0.15) is 0 Å². The van der Waals surface area contributed by atoms with Crippen LogP contribution in [-0.4, -0.2) is 15.8 Å². The number of nitrogens with two attached hydrogens (primary N) is 1. The minimum absolute atomic E-state index is 0.0507. The van der Waals surface area contributed by atoms with Gasteiger partial charge in [-0.25, -0.2) is 0 Å². The first-order valence-corrected chi connectivity index (χ1v) is 5.65. The second-order valence-electron chi connectivity index (χ2n) is 4.05. The summed E-state index contributed by atoms with van der Waals surface area (Å²) in [6.07, 6.45) is 2.48. The van der Waals surface area contributed by atoms with E-state index in [-0.39, 0.29) is 17.0 Å². The van der Waals surface area contributed by atoms with Gasteiger partial charge in [0, 0.05) is 17.8 Å². The Kier molecular flexibility index (Phi) is 3.60. The number of hydrogen-bond donors (Lipinski definition) is 1. The second-order valence-corrected chi connectivity index (χ2v) is 4.05. The van der Waals surface area contributed by atoms with Crippen LogP contribution in [0.1, 0.15) is 15.9 Å². The van der Waals surface area contributed by atoms with Crippen molar-refractivity contribution in [1.29, 1.82) is 0 Å². The Labute approximate surface area is 114 Å². The van der Waals surface area contributed by atoms with Crippen molar-refractivity contribution in [3.8, 4) is 11.5 Å². The molecule has 7 nitrogen and oxygen atoms in total. The average molecular weight is 273 g/mol. The fourth-order valence-electron chi connectivity index (χ4n) is 1.58. The summed E-state index contributed by atoms with van der Waals surface area (Å²) < 4.78 is 5.50. The maximum atomic E-state index is 11.1. The first kappa shape index (κ1) is 13.5. The lowest BCUT2D eigenvalue weighted by Crippen LogP contribution is -2.10. The zero-order valence-electron chi connectivity index (χ0n) is 10.6.